The molecule has 1 atom stereocenters. The maximum absolute atomic E-state index is 12.7. The van der Waals surface area contributed by atoms with Crippen molar-refractivity contribution in [1.82, 2.24) is 10.2 Å². The van der Waals surface area contributed by atoms with Crippen molar-refractivity contribution in [3.05, 3.63) is 57.8 Å². The van der Waals surface area contributed by atoms with Gasteiger partial charge in [-0.15, -0.1) is 0 Å². The minimum absolute atomic E-state index is 0.0281. The summed E-state index contributed by atoms with van der Waals surface area (Å²) in [5.74, 6) is -0.248. The molecular formula is C16H16N2O3S. The summed E-state index contributed by atoms with van der Waals surface area (Å²) < 4.78 is 0. The van der Waals surface area contributed by atoms with E-state index in [1.807, 2.05) is 29.0 Å². The van der Waals surface area contributed by atoms with Gasteiger partial charge < -0.3 is 10.4 Å². The van der Waals surface area contributed by atoms with Crippen LogP contribution in [0, 0.1) is 0 Å². The maximum atomic E-state index is 12.7. The first kappa shape index (κ1) is 14.7. The van der Waals surface area contributed by atoms with Gasteiger partial charge in [0.15, 0.2) is 0 Å². The largest absolute Gasteiger partial charge is 0.392 e. The molecule has 2 N–H and O–H groups in total. The van der Waals surface area contributed by atoms with E-state index in [-0.39, 0.29) is 25.1 Å². The predicted molar refractivity (Wildman–Crippen MR) is 83.1 cm³/mol. The number of urea groups is 1. The molecule has 1 unspecified atom stereocenters. The fourth-order valence-electron chi connectivity index (χ4n) is 2.52. The molecule has 2 aromatic rings. The summed E-state index contributed by atoms with van der Waals surface area (Å²) in [5, 5.41) is 15.6. The van der Waals surface area contributed by atoms with Gasteiger partial charge in [-0.25, -0.2) is 4.79 Å². The number of nitrogens with zero attached hydrogens (tertiary/aromatic N) is 1. The van der Waals surface area contributed by atoms with E-state index in [9.17, 15) is 9.59 Å². The summed E-state index contributed by atoms with van der Waals surface area (Å²) in [6, 6.07) is 8.66. The molecule has 3 rings (SSSR count). The van der Waals surface area contributed by atoms with E-state index < -0.39 is 5.54 Å². The lowest BCUT2D eigenvalue weighted by Crippen LogP contribution is -2.40. The second-order valence-corrected chi connectivity index (χ2v) is 6.21. The molecule has 1 aliphatic rings. The Morgan fingerprint density at radius 2 is 1.86 bits per heavy atom. The van der Waals surface area contributed by atoms with Crippen LogP contribution in [0.15, 0.2) is 41.1 Å². The number of nitrogens with one attached hydrogen (secondary N) is 1. The fourth-order valence-corrected chi connectivity index (χ4v) is 3.28. The van der Waals surface area contributed by atoms with E-state index in [1.165, 1.54) is 16.2 Å². The van der Waals surface area contributed by atoms with Crippen LogP contribution in [-0.4, -0.2) is 21.9 Å². The smallest absolute Gasteiger partial charge is 0.325 e. The first-order valence-corrected chi connectivity index (χ1v) is 7.84. The molecule has 114 valence electrons. The molecule has 1 fully saturated rings. The number of benzene rings is 1. The number of hydrogen-bond donors (Lipinski definition) is 2. The highest BCUT2D eigenvalue weighted by molar-refractivity contribution is 7.08. The molecule has 1 aliphatic heterocycles. The van der Waals surface area contributed by atoms with Crippen LogP contribution in [0.4, 0.5) is 4.79 Å². The van der Waals surface area contributed by atoms with E-state index in [1.54, 1.807) is 19.1 Å². The van der Waals surface area contributed by atoms with Gasteiger partial charge in [-0.3, -0.25) is 9.69 Å². The van der Waals surface area contributed by atoms with Crippen LogP contribution >= 0.6 is 11.3 Å². The van der Waals surface area contributed by atoms with Crippen molar-refractivity contribution in [1.29, 1.82) is 0 Å². The van der Waals surface area contributed by atoms with Crippen LogP contribution in [0.3, 0.4) is 0 Å². The van der Waals surface area contributed by atoms with Crippen molar-refractivity contribution in [2.45, 2.75) is 25.6 Å². The summed E-state index contributed by atoms with van der Waals surface area (Å²) in [7, 11) is 0. The Hall–Kier alpha value is -2.18. The number of imide groups is 1. The third-order valence-corrected chi connectivity index (χ3v) is 4.60. The van der Waals surface area contributed by atoms with E-state index >= 15 is 0 Å². The molecule has 1 saturated heterocycles. The molecule has 6 heteroatoms. The van der Waals surface area contributed by atoms with Gasteiger partial charge in [0, 0.05) is 0 Å². The lowest BCUT2D eigenvalue weighted by Gasteiger charge is -2.20. The number of carbonyl (C=O) groups is 2. The Morgan fingerprint density at radius 1 is 1.18 bits per heavy atom. The highest BCUT2D eigenvalue weighted by Gasteiger charge is 2.49. The molecule has 0 aliphatic carbocycles. The molecule has 0 spiro atoms. The molecule has 22 heavy (non-hydrogen) atoms. The monoisotopic (exact) mass is 316 g/mol. The topological polar surface area (TPSA) is 69.6 Å². The summed E-state index contributed by atoms with van der Waals surface area (Å²) in [5.41, 5.74) is 1.44. The van der Waals surface area contributed by atoms with Crippen LogP contribution in [0.1, 0.15) is 23.6 Å². The maximum Gasteiger partial charge on any atom is 0.325 e. The van der Waals surface area contributed by atoms with Crippen molar-refractivity contribution in [3.63, 3.8) is 0 Å². The lowest BCUT2D eigenvalue weighted by molar-refractivity contribution is -0.131. The number of hydrogen-bond acceptors (Lipinski definition) is 4. The molecule has 1 aromatic heterocycles. The summed E-state index contributed by atoms with van der Waals surface area (Å²) >= 11 is 1.49. The molecule has 5 nitrogen and oxygen atoms in total. The van der Waals surface area contributed by atoms with Gasteiger partial charge >= 0.3 is 6.03 Å². The average molecular weight is 316 g/mol. The summed E-state index contributed by atoms with van der Waals surface area (Å²) in [4.78, 5) is 26.1. The van der Waals surface area contributed by atoms with Gasteiger partial charge in [0.2, 0.25) is 0 Å². The quantitative estimate of drug-likeness (QED) is 0.850. The van der Waals surface area contributed by atoms with Crippen LogP contribution < -0.4 is 5.32 Å². The second kappa shape index (κ2) is 5.55. The van der Waals surface area contributed by atoms with Crippen molar-refractivity contribution >= 4 is 23.3 Å². The Bertz CT molecular complexity index is 697. The van der Waals surface area contributed by atoms with Gasteiger partial charge in [0.1, 0.15) is 5.54 Å². The van der Waals surface area contributed by atoms with Gasteiger partial charge in [-0.2, -0.15) is 11.3 Å². The zero-order valence-corrected chi connectivity index (χ0v) is 12.9. The van der Waals surface area contributed by atoms with E-state index in [0.29, 0.717) is 0 Å². The van der Waals surface area contributed by atoms with Gasteiger partial charge in [-0.05, 0) is 40.4 Å². The minimum atomic E-state index is -0.998. The first-order valence-electron chi connectivity index (χ1n) is 6.90. The third-order valence-electron chi connectivity index (χ3n) is 3.92. The van der Waals surface area contributed by atoms with Gasteiger partial charge in [0.25, 0.3) is 5.91 Å². The Morgan fingerprint density at radius 3 is 2.45 bits per heavy atom. The van der Waals surface area contributed by atoms with E-state index in [2.05, 4.69) is 5.32 Å². The molecule has 3 amide bonds. The highest BCUT2D eigenvalue weighted by Crippen LogP contribution is 2.31. The number of aliphatic hydroxyl groups is 1. The molecular weight excluding hydrogens is 300 g/mol. The number of carbonyl (C=O) groups excluding carboxylic acids is 2. The van der Waals surface area contributed by atoms with E-state index in [4.69, 9.17) is 5.11 Å². The number of amides is 3. The van der Waals surface area contributed by atoms with Crippen LogP contribution in [0.25, 0.3) is 0 Å². The summed E-state index contributed by atoms with van der Waals surface area (Å²) in [6.45, 7) is 1.92. The van der Waals surface area contributed by atoms with Crippen LogP contribution in [0.5, 0.6) is 0 Å². The zero-order valence-electron chi connectivity index (χ0n) is 12.1. The standard InChI is InChI=1S/C16H16N2O3S/c1-16(13-6-7-22-10-13)14(20)18(15(21)17-16)8-11-2-4-12(9-19)5-3-11/h2-7,10,19H,8-9H2,1H3,(H,17,21). The predicted octanol–water partition coefficient (Wildman–Crippen LogP) is 2.21. The number of aliphatic hydroxyl groups excluding tert-OH is 1. The zero-order chi connectivity index (χ0) is 15.7. The Kier molecular flexibility index (Phi) is 3.72. The summed E-state index contributed by atoms with van der Waals surface area (Å²) in [6.07, 6.45) is 0. The normalized spacial score (nSPS) is 21.3. The first-order chi connectivity index (χ1) is 10.5. The van der Waals surface area contributed by atoms with Crippen molar-refractivity contribution in [2.75, 3.05) is 0 Å². The number of thiophene rings is 1. The average Bonchev–Trinajstić information content (AvgIpc) is 3.13. The van der Waals surface area contributed by atoms with Gasteiger partial charge in [0.05, 0.1) is 13.2 Å². The highest BCUT2D eigenvalue weighted by atomic mass is 32.1. The fraction of sp³-hybridized carbons (Fsp3) is 0.250. The van der Waals surface area contributed by atoms with Crippen LogP contribution in [-0.2, 0) is 23.5 Å². The van der Waals surface area contributed by atoms with Gasteiger partial charge in [-0.1, -0.05) is 24.3 Å². The molecule has 1 aromatic carbocycles. The Labute approximate surface area is 132 Å². The second-order valence-electron chi connectivity index (χ2n) is 5.43. The van der Waals surface area contributed by atoms with E-state index in [0.717, 1.165) is 16.7 Å². The molecule has 0 radical (unpaired) electrons. The third kappa shape index (κ3) is 2.40. The lowest BCUT2D eigenvalue weighted by atomic mass is 9.95. The Balaban J connectivity index is 1.82. The van der Waals surface area contributed by atoms with Crippen molar-refractivity contribution < 1.29 is 14.7 Å². The molecule has 0 bridgehead atoms. The molecule has 0 saturated carbocycles. The minimum Gasteiger partial charge on any atom is -0.392 e. The van der Waals surface area contributed by atoms with Crippen molar-refractivity contribution in [2.24, 2.45) is 0 Å². The number of rotatable bonds is 4. The SMILES string of the molecule is CC1(c2ccsc2)NC(=O)N(Cc2ccc(CO)cc2)C1=O. The van der Waals surface area contributed by atoms with Crippen molar-refractivity contribution in [3.8, 4) is 0 Å². The molecule has 2 heterocycles. The van der Waals surface area contributed by atoms with Crippen LogP contribution in [0.2, 0.25) is 0 Å².